The van der Waals surface area contributed by atoms with E-state index >= 15 is 0 Å². The van der Waals surface area contributed by atoms with E-state index < -0.39 is 10.0 Å². The van der Waals surface area contributed by atoms with E-state index in [-0.39, 0.29) is 11.4 Å². The minimum absolute atomic E-state index is 0.190. The summed E-state index contributed by atoms with van der Waals surface area (Å²) in [7, 11) is -3.57. The number of sulfonamides is 1. The Hall–Kier alpha value is -2.83. The van der Waals surface area contributed by atoms with E-state index in [9.17, 15) is 8.42 Å². The summed E-state index contributed by atoms with van der Waals surface area (Å²) in [6, 6.07) is 21.6. The van der Waals surface area contributed by atoms with Crippen LogP contribution in [-0.2, 0) is 23.2 Å². The molecule has 0 saturated heterocycles. The van der Waals surface area contributed by atoms with Crippen molar-refractivity contribution < 1.29 is 13.2 Å². The number of ether oxygens (including phenoxy) is 1. The highest BCUT2D eigenvalue weighted by molar-refractivity contribution is 7.89. The van der Waals surface area contributed by atoms with Gasteiger partial charge in [0.2, 0.25) is 10.0 Å². The highest BCUT2D eigenvalue weighted by Crippen LogP contribution is 2.16. The number of hydrogen-bond acceptors (Lipinski definition) is 4. The van der Waals surface area contributed by atoms with Crippen molar-refractivity contribution in [2.75, 3.05) is 5.73 Å². The Morgan fingerprint density at radius 3 is 2.07 bits per heavy atom. The Morgan fingerprint density at radius 1 is 0.852 bits per heavy atom. The summed E-state index contributed by atoms with van der Waals surface area (Å²) in [5, 5.41) is 0. The average Bonchev–Trinajstić information content (AvgIpc) is 2.67. The minimum atomic E-state index is -3.57. The lowest BCUT2D eigenvalue weighted by Gasteiger charge is -2.09. The average molecular weight is 382 g/mol. The Kier molecular flexibility index (Phi) is 5.78. The zero-order chi connectivity index (χ0) is 19.3. The van der Waals surface area contributed by atoms with Crippen LogP contribution in [0.25, 0.3) is 0 Å². The lowest BCUT2D eigenvalue weighted by atomic mass is 10.2. The molecule has 0 aliphatic rings. The molecule has 0 amide bonds. The fourth-order valence-electron chi connectivity index (χ4n) is 2.46. The van der Waals surface area contributed by atoms with E-state index in [0.29, 0.717) is 12.3 Å². The summed E-state index contributed by atoms with van der Waals surface area (Å²) < 4.78 is 32.9. The molecular formula is C21H22N2O3S. The van der Waals surface area contributed by atoms with Crippen molar-refractivity contribution in [3.8, 4) is 5.75 Å². The lowest BCUT2D eigenvalue weighted by Crippen LogP contribution is -2.23. The van der Waals surface area contributed by atoms with Crippen molar-refractivity contribution in [1.29, 1.82) is 0 Å². The van der Waals surface area contributed by atoms with Crippen LogP contribution in [0.15, 0.2) is 77.7 Å². The normalized spacial score (nSPS) is 11.3. The highest BCUT2D eigenvalue weighted by Gasteiger charge is 2.13. The summed E-state index contributed by atoms with van der Waals surface area (Å²) >= 11 is 0. The van der Waals surface area contributed by atoms with Gasteiger partial charge in [0.15, 0.2) is 0 Å². The summed E-state index contributed by atoms with van der Waals surface area (Å²) in [6.45, 7) is 2.74. The first-order valence-electron chi connectivity index (χ1n) is 8.55. The molecule has 3 aromatic carbocycles. The SMILES string of the molecule is Cc1ccc(COc2ccc(CNS(=O)(=O)c3ccc(N)cc3)cc2)cc1. The Balaban J connectivity index is 1.55. The first-order valence-corrected chi connectivity index (χ1v) is 10.0. The third kappa shape index (κ3) is 5.32. The zero-order valence-corrected chi connectivity index (χ0v) is 15.9. The minimum Gasteiger partial charge on any atom is -0.489 e. The highest BCUT2D eigenvalue weighted by atomic mass is 32.2. The van der Waals surface area contributed by atoms with E-state index in [1.165, 1.54) is 17.7 Å². The van der Waals surface area contributed by atoms with Crippen LogP contribution in [0.3, 0.4) is 0 Å². The fourth-order valence-corrected chi connectivity index (χ4v) is 3.48. The number of benzene rings is 3. The second kappa shape index (κ2) is 8.24. The predicted octanol–water partition coefficient (Wildman–Crippen LogP) is 3.63. The van der Waals surface area contributed by atoms with E-state index in [1.807, 2.05) is 43.3 Å². The van der Waals surface area contributed by atoms with Crippen LogP contribution < -0.4 is 15.2 Å². The van der Waals surface area contributed by atoms with Gasteiger partial charge in [-0.25, -0.2) is 13.1 Å². The van der Waals surface area contributed by atoms with E-state index in [2.05, 4.69) is 16.9 Å². The van der Waals surface area contributed by atoms with Crippen molar-refractivity contribution in [2.45, 2.75) is 25.0 Å². The molecule has 0 heterocycles. The quantitative estimate of drug-likeness (QED) is 0.611. The number of hydrogen-bond donors (Lipinski definition) is 2. The monoisotopic (exact) mass is 382 g/mol. The van der Waals surface area contributed by atoms with Crippen LogP contribution in [0, 0.1) is 6.92 Å². The van der Waals surface area contributed by atoms with Gasteiger partial charge in [-0.1, -0.05) is 42.0 Å². The molecule has 140 valence electrons. The van der Waals surface area contributed by atoms with E-state index in [4.69, 9.17) is 10.5 Å². The molecule has 0 unspecified atom stereocenters. The molecule has 0 atom stereocenters. The van der Waals surface area contributed by atoms with Crippen molar-refractivity contribution >= 4 is 15.7 Å². The second-order valence-corrected chi connectivity index (χ2v) is 8.08. The van der Waals surface area contributed by atoms with Gasteiger partial charge in [-0.2, -0.15) is 0 Å². The molecule has 6 heteroatoms. The Morgan fingerprint density at radius 2 is 1.44 bits per heavy atom. The van der Waals surface area contributed by atoms with Gasteiger partial charge in [0.05, 0.1) is 4.90 Å². The smallest absolute Gasteiger partial charge is 0.240 e. The molecule has 3 rings (SSSR count). The maximum Gasteiger partial charge on any atom is 0.240 e. The van der Waals surface area contributed by atoms with Gasteiger partial charge in [-0.3, -0.25) is 0 Å². The summed E-state index contributed by atoms with van der Waals surface area (Å²) in [5.41, 5.74) is 9.27. The van der Waals surface area contributed by atoms with Crippen LogP contribution >= 0.6 is 0 Å². The van der Waals surface area contributed by atoms with E-state index in [1.54, 1.807) is 12.1 Å². The number of aryl methyl sites for hydroxylation is 1. The van der Waals surface area contributed by atoms with Gasteiger partial charge in [0.1, 0.15) is 12.4 Å². The Labute approximate surface area is 159 Å². The van der Waals surface area contributed by atoms with Crippen LogP contribution in [0.1, 0.15) is 16.7 Å². The van der Waals surface area contributed by atoms with Gasteiger partial charge < -0.3 is 10.5 Å². The van der Waals surface area contributed by atoms with Crippen LogP contribution in [0.5, 0.6) is 5.75 Å². The first kappa shape index (κ1) is 18.9. The largest absolute Gasteiger partial charge is 0.489 e. The molecule has 0 aliphatic carbocycles. The summed E-state index contributed by atoms with van der Waals surface area (Å²) in [6.07, 6.45) is 0. The van der Waals surface area contributed by atoms with Gasteiger partial charge >= 0.3 is 0 Å². The molecule has 0 aliphatic heterocycles. The Bertz CT molecular complexity index is 981. The molecule has 3 N–H and O–H groups in total. The fraction of sp³-hybridized carbons (Fsp3) is 0.143. The second-order valence-electron chi connectivity index (χ2n) is 6.31. The molecule has 0 saturated carbocycles. The standard InChI is InChI=1S/C21H22N2O3S/c1-16-2-4-18(5-3-16)15-26-20-10-6-17(7-11-20)14-23-27(24,25)21-12-8-19(22)9-13-21/h2-13,23H,14-15,22H2,1H3. The van der Waals surface area contributed by atoms with Crippen LogP contribution in [0.2, 0.25) is 0 Å². The maximum absolute atomic E-state index is 12.3. The van der Waals surface area contributed by atoms with Crippen LogP contribution in [0.4, 0.5) is 5.69 Å². The summed E-state index contributed by atoms with van der Waals surface area (Å²) in [4.78, 5) is 0.190. The number of nitrogen functional groups attached to an aromatic ring is 1. The predicted molar refractivity (Wildman–Crippen MR) is 107 cm³/mol. The van der Waals surface area contributed by atoms with E-state index in [0.717, 1.165) is 16.9 Å². The topological polar surface area (TPSA) is 81.4 Å². The molecule has 5 nitrogen and oxygen atoms in total. The number of anilines is 1. The van der Waals surface area contributed by atoms with Gasteiger partial charge in [-0.05, 0) is 54.4 Å². The summed E-state index contributed by atoms with van der Waals surface area (Å²) in [5.74, 6) is 0.737. The first-order chi connectivity index (χ1) is 12.9. The number of nitrogens with one attached hydrogen (secondary N) is 1. The zero-order valence-electron chi connectivity index (χ0n) is 15.1. The number of rotatable bonds is 7. The van der Waals surface area contributed by atoms with Gasteiger partial charge in [0, 0.05) is 12.2 Å². The third-order valence-corrected chi connectivity index (χ3v) is 5.52. The molecule has 3 aromatic rings. The van der Waals surface area contributed by atoms with Crippen molar-refractivity contribution in [3.63, 3.8) is 0 Å². The van der Waals surface area contributed by atoms with Crippen molar-refractivity contribution in [3.05, 3.63) is 89.5 Å². The molecular weight excluding hydrogens is 360 g/mol. The van der Waals surface area contributed by atoms with Crippen molar-refractivity contribution in [2.24, 2.45) is 0 Å². The molecule has 0 radical (unpaired) electrons. The van der Waals surface area contributed by atoms with Crippen molar-refractivity contribution in [1.82, 2.24) is 4.72 Å². The molecule has 0 bridgehead atoms. The molecule has 0 aromatic heterocycles. The molecule has 0 fully saturated rings. The molecule has 27 heavy (non-hydrogen) atoms. The number of nitrogens with two attached hydrogens (primary N) is 1. The maximum atomic E-state index is 12.3. The third-order valence-electron chi connectivity index (χ3n) is 4.11. The van der Waals surface area contributed by atoms with Gasteiger partial charge in [0.25, 0.3) is 0 Å². The molecule has 0 spiro atoms. The lowest BCUT2D eigenvalue weighted by molar-refractivity contribution is 0.306. The van der Waals surface area contributed by atoms with Gasteiger partial charge in [-0.15, -0.1) is 0 Å². The van der Waals surface area contributed by atoms with Crippen LogP contribution in [-0.4, -0.2) is 8.42 Å².